The van der Waals surface area contributed by atoms with Gasteiger partial charge in [-0.05, 0) is 49.7 Å². The molecule has 0 saturated heterocycles. The Labute approximate surface area is 101 Å². The van der Waals surface area contributed by atoms with E-state index in [0.717, 1.165) is 11.8 Å². The fourth-order valence-corrected chi connectivity index (χ4v) is 3.95. The molecule has 3 unspecified atom stereocenters. The van der Waals surface area contributed by atoms with Gasteiger partial charge in [0.25, 0.3) is 0 Å². The fourth-order valence-electron chi connectivity index (χ4n) is 3.95. The average Bonchev–Trinajstić information content (AvgIpc) is 3.03. The third-order valence-electron chi connectivity index (χ3n) is 4.82. The number of fused-ring (bicyclic) bond motifs is 3. The average molecular weight is 226 g/mol. The van der Waals surface area contributed by atoms with E-state index >= 15 is 0 Å². The first-order valence-corrected chi connectivity index (χ1v) is 6.76. The van der Waals surface area contributed by atoms with E-state index in [1.165, 1.54) is 48.1 Å². The number of hydrogen-bond donors (Lipinski definition) is 1. The molecule has 2 aromatic rings. The summed E-state index contributed by atoms with van der Waals surface area (Å²) in [5.41, 5.74) is 3.67. The van der Waals surface area contributed by atoms with Gasteiger partial charge in [0.2, 0.25) is 0 Å². The van der Waals surface area contributed by atoms with Gasteiger partial charge < -0.3 is 4.98 Å². The number of aromatic nitrogens is 2. The van der Waals surface area contributed by atoms with Crippen LogP contribution in [0.25, 0.3) is 11.0 Å². The molecule has 2 aliphatic rings. The molecule has 2 fully saturated rings. The minimum Gasteiger partial charge on any atom is -0.342 e. The van der Waals surface area contributed by atoms with Gasteiger partial charge in [0.1, 0.15) is 5.82 Å². The molecule has 2 aliphatic carbocycles. The van der Waals surface area contributed by atoms with Gasteiger partial charge in [-0.2, -0.15) is 0 Å². The Hall–Kier alpha value is -1.31. The Morgan fingerprint density at radius 3 is 2.88 bits per heavy atom. The molecule has 2 nitrogen and oxygen atoms in total. The molecule has 2 bridgehead atoms. The van der Waals surface area contributed by atoms with Crippen molar-refractivity contribution < 1.29 is 0 Å². The minimum absolute atomic E-state index is 0.709. The third-order valence-corrected chi connectivity index (χ3v) is 4.82. The lowest BCUT2D eigenvalue weighted by Crippen LogP contribution is -2.09. The van der Waals surface area contributed by atoms with Gasteiger partial charge in [-0.15, -0.1) is 0 Å². The zero-order chi connectivity index (χ0) is 11.4. The molecule has 1 aromatic carbocycles. The van der Waals surface area contributed by atoms with Gasteiger partial charge >= 0.3 is 0 Å². The van der Waals surface area contributed by atoms with E-state index in [1.807, 2.05) is 0 Å². The molecule has 1 aromatic heterocycles. The molecule has 0 radical (unpaired) electrons. The minimum atomic E-state index is 0.709. The SMILES string of the molecule is Cc1cccc2[nH]c(C3CC4CCC3C4)nc12. The zero-order valence-corrected chi connectivity index (χ0v) is 10.2. The molecule has 1 N–H and O–H groups in total. The number of imidazole rings is 1. The largest absolute Gasteiger partial charge is 0.342 e. The van der Waals surface area contributed by atoms with Crippen molar-refractivity contribution in [2.45, 2.75) is 38.5 Å². The van der Waals surface area contributed by atoms with Crippen LogP contribution in [0.5, 0.6) is 0 Å². The van der Waals surface area contributed by atoms with Gasteiger partial charge in [0, 0.05) is 5.92 Å². The maximum atomic E-state index is 4.86. The second-order valence-electron chi connectivity index (χ2n) is 5.87. The van der Waals surface area contributed by atoms with Crippen molar-refractivity contribution in [2.24, 2.45) is 11.8 Å². The lowest BCUT2D eigenvalue weighted by molar-refractivity contribution is 0.408. The van der Waals surface area contributed by atoms with E-state index in [0.29, 0.717) is 5.92 Å². The van der Waals surface area contributed by atoms with E-state index < -0.39 is 0 Å². The van der Waals surface area contributed by atoms with Crippen molar-refractivity contribution in [3.8, 4) is 0 Å². The van der Waals surface area contributed by atoms with E-state index in [1.54, 1.807) is 0 Å². The van der Waals surface area contributed by atoms with Crippen LogP contribution in [0, 0.1) is 18.8 Å². The molecule has 1 heterocycles. The van der Waals surface area contributed by atoms with E-state index in [4.69, 9.17) is 4.98 Å². The predicted octanol–water partition coefficient (Wildman–Crippen LogP) is 3.77. The molecule has 2 heteroatoms. The topological polar surface area (TPSA) is 28.7 Å². The lowest BCUT2D eigenvalue weighted by atomic mass is 9.88. The lowest BCUT2D eigenvalue weighted by Gasteiger charge is -2.18. The third kappa shape index (κ3) is 1.36. The van der Waals surface area contributed by atoms with E-state index in [2.05, 4.69) is 30.1 Å². The van der Waals surface area contributed by atoms with Crippen molar-refractivity contribution >= 4 is 11.0 Å². The number of para-hydroxylation sites is 1. The molecular formula is C15H18N2. The van der Waals surface area contributed by atoms with Gasteiger partial charge in [-0.1, -0.05) is 18.6 Å². The van der Waals surface area contributed by atoms with Gasteiger partial charge in [-0.25, -0.2) is 4.98 Å². The molecule has 0 amide bonds. The van der Waals surface area contributed by atoms with Crippen LogP contribution in [0.1, 0.15) is 43.0 Å². The Balaban J connectivity index is 1.79. The molecular weight excluding hydrogens is 208 g/mol. The van der Waals surface area contributed by atoms with Crippen LogP contribution in [0.4, 0.5) is 0 Å². The summed E-state index contributed by atoms with van der Waals surface area (Å²) in [7, 11) is 0. The molecule has 17 heavy (non-hydrogen) atoms. The second kappa shape index (κ2) is 3.34. The first-order chi connectivity index (χ1) is 8.31. The van der Waals surface area contributed by atoms with E-state index in [9.17, 15) is 0 Å². The number of rotatable bonds is 1. The Morgan fingerprint density at radius 1 is 1.24 bits per heavy atom. The Kier molecular flexibility index (Phi) is 1.91. The van der Waals surface area contributed by atoms with Crippen molar-refractivity contribution in [3.63, 3.8) is 0 Å². The highest BCUT2D eigenvalue weighted by molar-refractivity contribution is 5.78. The van der Waals surface area contributed by atoms with Crippen molar-refractivity contribution in [3.05, 3.63) is 29.6 Å². The van der Waals surface area contributed by atoms with Crippen molar-refractivity contribution in [1.82, 2.24) is 9.97 Å². The number of aromatic amines is 1. The Morgan fingerprint density at radius 2 is 2.18 bits per heavy atom. The van der Waals surface area contributed by atoms with E-state index in [-0.39, 0.29) is 0 Å². The predicted molar refractivity (Wildman–Crippen MR) is 69.0 cm³/mol. The van der Waals surface area contributed by atoms with Crippen LogP contribution in [-0.2, 0) is 0 Å². The van der Waals surface area contributed by atoms with Crippen molar-refractivity contribution in [2.75, 3.05) is 0 Å². The summed E-state index contributed by atoms with van der Waals surface area (Å²) in [4.78, 5) is 8.41. The molecule has 0 aliphatic heterocycles. The maximum absolute atomic E-state index is 4.86. The van der Waals surface area contributed by atoms with Crippen LogP contribution in [-0.4, -0.2) is 9.97 Å². The smallest absolute Gasteiger partial charge is 0.110 e. The highest BCUT2D eigenvalue weighted by atomic mass is 14.9. The quantitative estimate of drug-likeness (QED) is 0.787. The summed E-state index contributed by atoms with van der Waals surface area (Å²) in [6, 6.07) is 6.40. The maximum Gasteiger partial charge on any atom is 0.110 e. The van der Waals surface area contributed by atoms with Crippen LogP contribution < -0.4 is 0 Å². The zero-order valence-electron chi connectivity index (χ0n) is 10.2. The number of benzene rings is 1. The normalized spacial score (nSPS) is 31.5. The standard InChI is InChI=1S/C15H18N2/c1-9-3-2-4-13-14(9)17-15(16-13)12-8-10-5-6-11(12)7-10/h2-4,10-12H,5-8H2,1H3,(H,16,17). The molecule has 0 spiro atoms. The number of H-pyrrole nitrogens is 1. The molecule has 2 saturated carbocycles. The summed E-state index contributed by atoms with van der Waals surface area (Å²) < 4.78 is 0. The highest BCUT2D eigenvalue weighted by Crippen LogP contribution is 2.52. The number of hydrogen-bond acceptors (Lipinski definition) is 1. The fraction of sp³-hybridized carbons (Fsp3) is 0.533. The summed E-state index contributed by atoms with van der Waals surface area (Å²) in [5, 5.41) is 0. The van der Waals surface area contributed by atoms with Crippen LogP contribution in [0.2, 0.25) is 0 Å². The van der Waals surface area contributed by atoms with Crippen LogP contribution >= 0.6 is 0 Å². The summed E-state index contributed by atoms with van der Waals surface area (Å²) in [6.45, 7) is 2.15. The molecule has 3 atom stereocenters. The second-order valence-corrected chi connectivity index (χ2v) is 5.87. The molecule has 88 valence electrons. The number of nitrogens with zero attached hydrogens (tertiary/aromatic N) is 1. The van der Waals surface area contributed by atoms with Crippen LogP contribution in [0.15, 0.2) is 18.2 Å². The summed E-state index contributed by atoms with van der Waals surface area (Å²) >= 11 is 0. The van der Waals surface area contributed by atoms with Gasteiger partial charge in [0.05, 0.1) is 11.0 Å². The first-order valence-electron chi connectivity index (χ1n) is 6.76. The van der Waals surface area contributed by atoms with Gasteiger partial charge in [0.15, 0.2) is 0 Å². The molecule has 4 rings (SSSR count). The first kappa shape index (κ1) is 9.69. The number of aryl methyl sites for hydroxylation is 1. The Bertz CT molecular complexity index is 569. The summed E-state index contributed by atoms with van der Waals surface area (Å²) in [6.07, 6.45) is 5.69. The number of nitrogens with one attached hydrogen (secondary N) is 1. The van der Waals surface area contributed by atoms with Crippen LogP contribution in [0.3, 0.4) is 0 Å². The van der Waals surface area contributed by atoms with Gasteiger partial charge in [-0.3, -0.25) is 0 Å². The summed E-state index contributed by atoms with van der Waals surface area (Å²) in [5.74, 6) is 3.85. The monoisotopic (exact) mass is 226 g/mol. The van der Waals surface area contributed by atoms with Crippen molar-refractivity contribution in [1.29, 1.82) is 0 Å². The highest BCUT2D eigenvalue weighted by Gasteiger charge is 2.41.